The predicted octanol–water partition coefficient (Wildman–Crippen LogP) is 1.51. The van der Waals surface area contributed by atoms with Gasteiger partial charge in [0.15, 0.2) is 0 Å². The number of carbonyl (C=O) groups is 1. The predicted molar refractivity (Wildman–Crippen MR) is 106 cm³/mol. The number of piperidine rings is 2. The first-order chi connectivity index (χ1) is 13.3. The van der Waals surface area contributed by atoms with Crippen LogP contribution in [0.25, 0.3) is 0 Å². The number of sulfonamides is 1. The molecule has 2 saturated heterocycles. The third-order valence-electron chi connectivity index (χ3n) is 5.86. The summed E-state index contributed by atoms with van der Waals surface area (Å²) < 4.78 is 27.1. The first kappa shape index (κ1) is 20.8. The number of rotatable bonds is 4. The summed E-state index contributed by atoms with van der Waals surface area (Å²) in [6, 6.07) is 8.36. The van der Waals surface area contributed by atoms with E-state index < -0.39 is 10.0 Å². The third kappa shape index (κ3) is 4.37. The van der Waals surface area contributed by atoms with Gasteiger partial charge in [0.25, 0.3) is 0 Å². The van der Waals surface area contributed by atoms with Crippen LogP contribution in [0.5, 0.6) is 0 Å². The molecule has 2 aliphatic heterocycles. The Morgan fingerprint density at radius 3 is 2.32 bits per heavy atom. The van der Waals surface area contributed by atoms with E-state index in [2.05, 4.69) is 4.90 Å². The summed E-state index contributed by atoms with van der Waals surface area (Å²) in [5, 5.41) is 8.87. The quantitative estimate of drug-likeness (QED) is 0.759. The summed E-state index contributed by atoms with van der Waals surface area (Å²) in [7, 11) is 0.505. The lowest BCUT2D eigenvalue weighted by Gasteiger charge is -2.39. The summed E-state index contributed by atoms with van der Waals surface area (Å²) >= 11 is 0. The number of nitrogens with zero attached hydrogens (tertiary/aromatic N) is 4. The average molecular weight is 405 g/mol. The van der Waals surface area contributed by atoms with Crippen molar-refractivity contribution in [3.8, 4) is 6.07 Å². The number of benzene rings is 1. The smallest absolute Gasteiger partial charge is 0.243 e. The van der Waals surface area contributed by atoms with Gasteiger partial charge in [0.05, 0.1) is 16.5 Å². The molecular weight excluding hydrogens is 376 g/mol. The van der Waals surface area contributed by atoms with Crippen LogP contribution in [0, 0.1) is 17.2 Å². The lowest BCUT2D eigenvalue weighted by atomic mass is 9.94. The number of hydrogen-bond acceptors (Lipinski definition) is 5. The molecule has 1 atom stereocenters. The zero-order chi connectivity index (χ0) is 20.3. The molecule has 1 amide bonds. The van der Waals surface area contributed by atoms with Gasteiger partial charge in [-0.1, -0.05) is 0 Å². The minimum atomic E-state index is -3.59. The van der Waals surface area contributed by atoms with Gasteiger partial charge in [0.1, 0.15) is 0 Å². The minimum Gasteiger partial charge on any atom is -0.341 e. The van der Waals surface area contributed by atoms with Crippen LogP contribution >= 0.6 is 0 Å². The summed E-state index contributed by atoms with van der Waals surface area (Å²) in [5.41, 5.74) is 0.431. The van der Waals surface area contributed by atoms with Crippen LogP contribution in [0.3, 0.4) is 0 Å². The summed E-state index contributed by atoms with van der Waals surface area (Å²) in [5.74, 6) is 0.0651. The molecule has 7 nitrogen and oxygen atoms in total. The molecule has 8 heteroatoms. The van der Waals surface area contributed by atoms with Crippen molar-refractivity contribution in [1.82, 2.24) is 14.1 Å². The highest BCUT2D eigenvalue weighted by molar-refractivity contribution is 7.89. The van der Waals surface area contributed by atoms with Gasteiger partial charge < -0.3 is 9.80 Å². The Morgan fingerprint density at radius 2 is 1.75 bits per heavy atom. The van der Waals surface area contributed by atoms with Gasteiger partial charge in [0.2, 0.25) is 15.9 Å². The molecule has 3 rings (SSSR count). The SMILES string of the molecule is CN(C)C1CCCN(C(=O)C2CCN(S(=O)(=O)c3ccc(C#N)cc3)CC2)C1. The highest BCUT2D eigenvalue weighted by Gasteiger charge is 2.35. The molecule has 1 aromatic carbocycles. The molecule has 0 N–H and O–H groups in total. The molecule has 2 heterocycles. The van der Waals surface area contributed by atoms with Gasteiger partial charge in [-0.2, -0.15) is 9.57 Å². The Morgan fingerprint density at radius 1 is 1.11 bits per heavy atom. The van der Waals surface area contributed by atoms with Crippen molar-refractivity contribution in [2.75, 3.05) is 40.3 Å². The van der Waals surface area contributed by atoms with Gasteiger partial charge >= 0.3 is 0 Å². The molecule has 0 aromatic heterocycles. The van der Waals surface area contributed by atoms with Gasteiger partial charge in [-0.3, -0.25) is 4.79 Å². The van der Waals surface area contributed by atoms with E-state index >= 15 is 0 Å². The molecule has 0 bridgehead atoms. The molecule has 28 heavy (non-hydrogen) atoms. The fraction of sp³-hybridized carbons (Fsp3) is 0.600. The number of likely N-dealkylation sites (N-methyl/N-ethyl adjacent to an activating group) is 1. The third-order valence-corrected chi connectivity index (χ3v) is 7.78. The zero-order valence-electron chi connectivity index (χ0n) is 16.5. The van der Waals surface area contributed by atoms with Crippen LogP contribution in [-0.4, -0.2) is 74.7 Å². The van der Waals surface area contributed by atoms with Crippen LogP contribution in [0.1, 0.15) is 31.2 Å². The highest BCUT2D eigenvalue weighted by Crippen LogP contribution is 2.26. The van der Waals surface area contributed by atoms with Gasteiger partial charge in [-0.15, -0.1) is 0 Å². The van der Waals surface area contributed by atoms with E-state index in [1.165, 1.54) is 28.6 Å². The second-order valence-corrected chi connectivity index (χ2v) is 9.80. The molecule has 0 aliphatic carbocycles. The molecule has 0 saturated carbocycles. The standard InChI is InChI=1S/C20H28N4O3S/c1-22(2)18-4-3-11-23(15-18)20(25)17-9-12-24(13-10-17)28(26,27)19-7-5-16(14-21)6-8-19/h5-8,17-18H,3-4,9-13,15H2,1-2H3. The van der Waals surface area contributed by atoms with Gasteiger partial charge in [-0.25, -0.2) is 8.42 Å². The fourth-order valence-corrected chi connectivity index (χ4v) is 5.50. The van der Waals surface area contributed by atoms with E-state index in [4.69, 9.17) is 5.26 Å². The molecule has 2 aliphatic rings. The van der Waals surface area contributed by atoms with E-state index in [9.17, 15) is 13.2 Å². The maximum absolute atomic E-state index is 12.9. The van der Waals surface area contributed by atoms with Gasteiger partial charge in [0, 0.05) is 38.1 Å². The molecule has 1 aromatic rings. The Bertz CT molecular complexity index is 837. The van der Waals surface area contributed by atoms with E-state index in [1.54, 1.807) is 0 Å². The first-order valence-electron chi connectivity index (χ1n) is 9.78. The molecule has 152 valence electrons. The maximum atomic E-state index is 12.9. The largest absolute Gasteiger partial charge is 0.341 e. The van der Waals surface area contributed by atoms with E-state index in [0.717, 1.165) is 25.9 Å². The highest BCUT2D eigenvalue weighted by atomic mass is 32.2. The molecule has 2 fully saturated rings. The first-order valence-corrected chi connectivity index (χ1v) is 11.2. The maximum Gasteiger partial charge on any atom is 0.243 e. The number of hydrogen-bond donors (Lipinski definition) is 0. The zero-order valence-corrected chi connectivity index (χ0v) is 17.4. The number of likely N-dealkylation sites (tertiary alicyclic amines) is 1. The number of amides is 1. The topological polar surface area (TPSA) is 84.7 Å². The van der Waals surface area contributed by atoms with Crippen LogP contribution in [0.4, 0.5) is 0 Å². The van der Waals surface area contributed by atoms with Crippen molar-refractivity contribution in [3.63, 3.8) is 0 Å². The Hall–Kier alpha value is -1.95. The second-order valence-electron chi connectivity index (χ2n) is 7.86. The Balaban J connectivity index is 1.60. The van der Waals surface area contributed by atoms with Crippen molar-refractivity contribution >= 4 is 15.9 Å². The molecule has 1 unspecified atom stereocenters. The van der Waals surface area contributed by atoms with Crippen LogP contribution in [0.15, 0.2) is 29.2 Å². The summed E-state index contributed by atoms with van der Waals surface area (Å²) in [6.45, 7) is 2.26. The van der Waals surface area contributed by atoms with Crippen molar-refractivity contribution in [2.45, 2.75) is 36.6 Å². The van der Waals surface area contributed by atoms with E-state index in [0.29, 0.717) is 37.5 Å². The van der Waals surface area contributed by atoms with Crippen molar-refractivity contribution in [1.29, 1.82) is 5.26 Å². The van der Waals surface area contributed by atoms with Crippen LogP contribution < -0.4 is 0 Å². The summed E-state index contributed by atoms with van der Waals surface area (Å²) in [6.07, 6.45) is 3.23. The monoisotopic (exact) mass is 404 g/mol. The van der Waals surface area contributed by atoms with Crippen LogP contribution in [-0.2, 0) is 14.8 Å². The van der Waals surface area contributed by atoms with Crippen LogP contribution in [0.2, 0.25) is 0 Å². The lowest BCUT2D eigenvalue weighted by Crippen LogP contribution is -2.51. The average Bonchev–Trinajstić information content (AvgIpc) is 2.73. The van der Waals surface area contributed by atoms with Crippen molar-refractivity contribution in [2.24, 2.45) is 5.92 Å². The Labute approximate surface area is 167 Å². The molecule has 0 spiro atoms. The van der Waals surface area contributed by atoms with Gasteiger partial charge in [-0.05, 0) is 64.0 Å². The van der Waals surface area contributed by atoms with E-state index in [1.807, 2.05) is 25.1 Å². The molecule has 0 radical (unpaired) electrons. The summed E-state index contributed by atoms with van der Waals surface area (Å²) in [4.78, 5) is 17.3. The second kappa shape index (κ2) is 8.60. The van der Waals surface area contributed by atoms with Crippen molar-refractivity contribution < 1.29 is 13.2 Å². The molecular formula is C20H28N4O3S. The minimum absolute atomic E-state index is 0.103. The van der Waals surface area contributed by atoms with Crippen molar-refractivity contribution in [3.05, 3.63) is 29.8 Å². The Kier molecular flexibility index (Phi) is 6.38. The fourth-order valence-electron chi connectivity index (χ4n) is 4.03. The lowest BCUT2D eigenvalue weighted by molar-refractivity contribution is -0.138. The van der Waals surface area contributed by atoms with E-state index in [-0.39, 0.29) is 16.7 Å². The number of carbonyl (C=O) groups excluding carboxylic acids is 1. The number of nitriles is 1. The normalized spacial score (nSPS) is 22.2.